The van der Waals surface area contributed by atoms with Crippen molar-refractivity contribution < 1.29 is 0 Å². The minimum Gasteiger partial charge on any atom is -0.330 e. The Balaban J connectivity index is 2.02. The summed E-state index contributed by atoms with van der Waals surface area (Å²) in [7, 11) is 0. The van der Waals surface area contributed by atoms with E-state index in [2.05, 4.69) is 116 Å². The minimum atomic E-state index is 0.453. The van der Waals surface area contributed by atoms with E-state index in [-0.39, 0.29) is 0 Å². The van der Waals surface area contributed by atoms with Gasteiger partial charge in [0, 0.05) is 11.4 Å². The van der Waals surface area contributed by atoms with Crippen LogP contribution in [0.15, 0.2) is 103 Å². The van der Waals surface area contributed by atoms with Gasteiger partial charge < -0.3 is 4.90 Å². The van der Waals surface area contributed by atoms with Crippen molar-refractivity contribution in [3.8, 4) is 11.8 Å². The zero-order valence-electron chi connectivity index (χ0n) is 21.1. The summed E-state index contributed by atoms with van der Waals surface area (Å²) in [6, 6.07) is 24.5. The first-order valence-corrected chi connectivity index (χ1v) is 12.3. The topological polar surface area (TPSA) is 3.24 Å². The van der Waals surface area contributed by atoms with Gasteiger partial charge in [-0.15, -0.1) is 5.92 Å². The third-order valence-electron chi connectivity index (χ3n) is 6.58. The van der Waals surface area contributed by atoms with Crippen LogP contribution in [-0.4, -0.2) is 6.54 Å². The summed E-state index contributed by atoms with van der Waals surface area (Å²) in [5, 5.41) is 2.69. The van der Waals surface area contributed by atoms with Crippen molar-refractivity contribution in [1.82, 2.24) is 0 Å². The van der Waals surface area contributed by atoms with E-state index in [1.165, 1.54) is 21.9 Å². The highest BCUT2D eigenvalue weighted by molar-refractivity contribution is 5.86. The van der Waals surface area contributed by atoms with Crippen molar-refractivity contribution in [3.05, 3.63) is 114 Å². The van der Waals surface area contributed by atoms with Crippen molar-refractivity contribution in [2.75, 3.05) is 11.4 Å². The molecule has 174 valence electrons. The largest absolute Gasteiger partial charge is 0.330 e. The van der Waals surface area contributed by atoms with Crippen molar-refractivity contribution in [1.29, 1.82) is 0 Å². The predicted molar refractivity (Wildman–Crippen MR) is 150 cm³/mol. The molecule has 3 aromatic rings. The molecule has 0 radical (unpaired) electrons. The maximum absolute atomic E-state index is 3.91. The van der Waals surface area contributed by atoms with E-state index in [0.29, 0.717) is 18.4 Å². The zero-order valence-corrected chi connectivity index (χ0v) is 21.1. The van der Waals surface area contributed by atoms with Crippen LogP contribution in [0, 0.1) is 17.8 Å². The van der Waals surface area contributed by atoms with Gasteiger partial charge in [-0.05, 0) is 78.3 Å². The van der Waals surface area contributed by atoms with E-state index in [9.17, 15) is 0 Å². The molecule has 0 bridgehead atoms. The Labute approximate surface area is 206 Å². The van der Waals surface area contributed by atoms with Gasteiger partial charge in [0.1, 0.15) is 0 Å². The number of hydrogen-bond acceptors (Lipinski definition) is 1. The molecule has 0 aliphatic carbocycles. The van der Waals surface area contributed by atoms with Crippen LogP contribution in [0.25, 0.3) is 10.8 Å². The van der Waals surface area contributed by atoms with Crippen molar-refractivity contribution in [2.45, 2.75) is 46.5 Å². The molecular formula is C33H37N. The molecular weight excluding hydrogens is 410 g/mol. The fraction of sp³-hybridized carbons (Fsp3) is 0.273. The van der Waals surface area contributed by atoms with Gasteiger partial charge in [0.2, 0.25) is 0 Å². The third kappa shape index (κ3) is 6.09. The van der Waals surface area contributed by atoms with Gasteiger partial charge in [-0.1, -0.05) is 99.5 Å². The molecule has 0 saturated heterocycles. The number of allylic oxidation sites excluding steroid dienone is 4. The van der Waals surface area contributed by atoms with Crippen LogP contribution in [0.3, 0.4) is 0 Å². The Bertz CT molecular complexity index is 1210. The van der Waals surface area contributed by atoms with Gasteiger partial charge in [0.25, 0.3) is 0 Å². The lowest BCUT2D eigenvalue weighted by Gasteiger charge is -2.27. The third-order valence-corrected chi connectivity index (χ3v) is 6.58. The average Bonchev–Trinajstić information content (AvgIpc) is 2.87. The fourth-order valence-corrected chi connectivity index (χ4v) is 4.60. The number of anilines is 1. The normalized spacial score (nSPS) is 13.4. The van der Waals surface area contributed by atoms with Crippen LogP contribution in [-0.2, 0) is 6.42 Å². The maximum atomic E-state index is 3.91. The van der Waals surface area contributed by atoms with E-state index < -0.39 is 0 Å². The first-order valence-electron chi connectivity index (χ1n) is 12.3. The molecule has 0 amide bonds. The molecule has 0 heterocycles. The van der Waals surface area contributed by atoms with E-state index in [1.807, 2.05) is 26.0 Å². The van der Waals surface area contributed by atoms with Crippen LogP contribution in [0.2, 0.25) is 0 Å². The SMILES string of the molecule is C=C/C=C(\C=C/C)N(CC#CC)c1cccc(CC(c2cccc3ccccc23)C(C)CC)c1. The molecule has 1 heteroatoms. The van der Waals surface area contributed by atoms with E-state index >= 15 is 0 Å². The summed E-state index contributed by atoms with van der Waals surface area (Å²) in [4.78, 5) is 2.26. The number of benzene rings is 3. The molecule has 2 unspecified atom stereocenters. The van der Waals surface area contributed by atoms with E-state index in [0.717, 1.165) is 24.2 Å². The van der Waals surface area contributed by atoms with Crippen LogP contribution in [0.1, 0.15) is 51.2 Å². The van der Waals surface area contributed by atoms with Gasteiger partial charge in [0.15, 0.2) is 0 Å². The van der Waals surface area contributed by atoms with E-state index in [1.54, 1.807) is 0 Å². The molecule has 0 aliphatic rings. The van der Waals surface area contributed by atoms with Gasteiger partial charge >= 0.3 is 0 Å². The maximum Gasteiger partial charge on any atom is 0.0843 e. The molecule has 0 aromatic heterocycles. The number of fused-ring (bicyclic) bond motifs is 1. The molecule has 1 nitrogen and oxygen atoms in total. The molecule has 0 saturated carbocycles. The van der Waals surface area contributed by atoms with Gasteiger partial charge in [-0.3, -0.25) is 0 Å². The highest BCUT2D eigenvalue weighted by Gasteiger charge is 2.21. The summed E-state index contributed by atoms with van der Waals surface area (Å²) in [5.41, 5.74) is 5.05. The molecule has 0 spiro atoms. The van der Waals surface area contributed by atoms with Crippen LogP contribution >= 0.6 is 0 Å². The standard InChI is InChI=1S/C33H37N/c1-6-10-23-34(29(15-7-2)16-8-3)30-20-13-17-27(24-30)25-33(26(5)9-4)32-22-14-19-28-18-11-12-21-31(28)32/h7-8,11-22,24,26,33H,2,9,23,25H2,1,3-5H3/b16-8-,29-15+. The van der Waals surface area contributed by atoms with Gasteiger partial charge in [0.05, 0.1) is 6.54 Å². The summed E-state index contributed by atoms with van der Waals surface area (Å²) in [5.74, 6) is 7.32. The summed E-state index contributed by atoms with van der Waals surface area (Å²) in [6.07, 6.45) is 10.2. The Morgan fingerprint density at radius 1 is 1.06 bits per heavy atom. The Kier molecular flexibility index (Phi) is 9.36. The summed E-state index contributed by atoms with van der Waals surface area (Å²) < 4.78 is 0. The first kappa shape index (κ1) is 25.1. The van der Waals surface area contributed by atoms with Crippen LogP contribution < -0.4 is 4.90 Å². The van der Waals surface area contributed by atoms with Crippen molar-refractivity contribution in [3.63, 3.8) is 0 Å². The lowest BCUT2D eigenvalue weighted by atomic mass is 9.79. The highest BCUT2D eigenvalue weighted by Crippen LogP contribution is 2.36. The lowest BCUT2D eigenvalue weighted by molar-refractivity contribution is 0.445. The highest BCUT2D eigenvalue weighted by atomic mass is 15.1. The Morgan fingerprint density at radius 2 is 1.82 bits per heavy atom. The van der Waals surface area contributed by atoms with Crippen molar-refractivity contribution >= 4 is 16.5 Å². The number of nitrogens with zero attached hydrogens (tertiary/aromatic N) is 1. The summed E-state index contributed by atoms with van der Waals surface area (Å²) in [6.45, 7) is 13.2. The minimum absolute atomic E-state index is 0.453. The molecule has 0 N–H and O–H groups in total. The molecule has 3 rings (SSSR count). The second-order valence-corrected chi connectivity index (χ2v) is 8.77. The number of rotatable bonds is 10. The molecule has 3 aromatic carbocycles. The Morgan fingerprint density at radius 3 is 2.56 bits per heavy atom. The van der Waals surface area contributed by atoms with Crippen LogP contribution in [0.5, 0.6) is 0 Å². The van der Waals surface area contributed by atoms with Gasteiger partial charge in [-0.25, -0.2) is 0 Å². The van der Waals surface area contributed by atoms with E-state index in [4.69, 9.17) is 0 Å². The molecule has 34 heavy (non-hydrogen) atoms. The first-order chi connectivity index (χ1) is 16.6. The number of hydrogen-bond donors (Lipinski definition) is 0. The fourth-order valence-electron chi connectivity index (χ4n) is 4.60. The smallest absolute Gasteiger partial charge is 0.0843 e. The second-order valence-electron chi connectivity index (χ2n) is 8.77. The van der Waals surface area contributed by atoms with Crippen molar-refractivity contribution in [2.24, 2.45) is 5.92 Å². The summed E-state index contributed by atoms with van der Waals surface area (Å²) >= 11 is 0. The monoisotopic (exact) mass is 447 g/mol. The lowest BCUT2D eigenvalue weighted by Crippen LogP contribution is -2.22. The quantitative estimate of drug-likeness (QED) is 0.222. The molecule has 0 fully saturated rings. The molecule has 2 atom stereocenters. The second kappa shape index (κ2) is 12.7. The van der Waals surface area contributed by atoms with Gasteiger partial charge in [-0.2, -0.15) is 0 Å². The van der Waals surface area contributed by atoms with Crippen LogP contribution in [0.4, 0.5) is 5.69 Å². The average molecular weight is 448 g/mol. The Hall–Kier alpha value is -3.50. The zero-order chi connectivity index (χ0) is 24.3. The molecule has 0 aliphatic heterocycles. The predicted octanol–water partition coefficient (Wildman–Crippen LogP) is 8.69.